The highest BCUT2D eigenvalue weighted by Crippen LogP contribution is 2.38. The molecular weight excluding hydrogens is 540 g/mol. The number of thioether (sulfide) groups is 1. The lowest BCUT2D eigenvalue weighted by Gasteiger charge is -2.15. The van der Waals surface area contributed by atoms with Gasteiger partial charge in [0, 0.05) is 16.8 Å². The number of halogens is 6. The number of carbonyl (C=O) groups excluding carboxylic acids is 1. The van der Waals surface area contributed by atoms with Crippen molar-refractivity contribution in [3.05, 3.63) is 102 Å². The van der Waals surface area contributed by atoms with Crippen LogP contribution in [0.15, 0.2) is 90.0 Å². The maximum absolute atomic E-state index is 13.2. The first-order valence-corrected chi connectivity index (χ1v) is 12.2. The summed E-state index contributed by atoms with van der Waals surface area (Å²) in [7, 11) is 0. The number of pyridine rings is 1. The molecule has 1 aromatic heterocycles. The van der Waals surface area contributed by atoms with Gasteiger partial charge in [0.25, 0.3) is 0 Å². The highest BCUT2D eigenvalue weighted by Gasteiger charge is 2.37. The largest absolute Gasteiger partial charge is 0.416 e. The van der Waals surface area contributed by atoms with E-state index < -0.39 is 40.8 Å². The number of carbonyl (C=O) groups is 1. The first kappa shape index (κ1) is 27.7. The van der Waals surface area contributed by atoms with E-state index in [2.05, 4.69) is 16.4 Å². The molecular formula is C28H17F6N3OS. The van der Waals surface area contributed by atoms with E-state index in [9.17, 15) is 36.4 Å². The lowest BCUT2D eigenvalue weighted by Crippen LogP contribution is -2.17. The van der Waals surface area contributed by atoms with E-state index in [1.807, 2.05) is 36.4 Å². The third kappa shape index (κ3) is 6.78. The zero-order valence-electron chi connectivity index (χ0n) is 19.8. The SMILES string of the molecule is N#Cc1c(-c2ccccc2)cc(-c2ccccc2)nc1SCC(=O)Nc1cc(C(F)(F)F)cc(C(F)(F)F)c1. The highest BCUT2D eigenvalue weighted by molar-refractivity contribution is 8.00. The number of aromatic nitrogens is 1. The number of benzene rings is 3. The number of nitrogens with one attached hydrogen (secondary N) is 1. The van der Waals surface area contributed by atoms with E-state index >= 15 is 0 Å². The van der Waals surface area contributed by atoms with Crippen LogP contribution in [0.1, 0.15) is 16.7 Å². The van der Waals surface area contributed by atoms with E-state index in [1.54, 1.807) is 30.3 Å². The van der Waals surface area contributed by atoms with Gasteiger partial charge in [0.15, 0.2) is 0 Å². The molecule has 0 bridgehead atoms. The highest BCUT2D eigenvalue weighted by atomic mass is 32.2. The van der Waals surface area contributed by atoms with Crippen molar-refractivity contribution in [1.82, 2.24) is 4.98 Å². The second-order valence-corrected chi connectivity index (χ2v) is 9.17. The van der Waals surface area contributed by atoms with Crippen molar-refractivity contribution in [2.75, 3.05) is 11.1 Å². The van der Waals surface area contributed by atoms with Crippen LogP contribution in [-0.2, 0) is 17.1 Å². The second kappa shape index (κ2) is 11.2. The fourth-order valence-corrected chi connectivity index (χ4v) is 4.50. The van der Waals surface area contributed by atoms with E-state index in [4.69, 9.17) is 0 Å². The predicted octanol–water partition coefficient (Wildman–Crippen LogP) is 8.06. The molecule has 39 heavy (non-hydrogen) atoms. The average Bonchev–Trinajstić information content (AvgIpc) is 2.91. The predicted molar refractivity (Wildman–Crippen MR) is 136 cm³/mol. The number of nitrogens with zero attached hydrogens (tertiary/aromatic N) is 2. The van der Waals surface area contributed by atoms with E-state index in [1.165, 1.54) is 0 Å². The molecule has 4 rings (SSSR count). The standard InChI is InChI=1S/C28H17F6N3OS/c29-27(30,31)19-11-20(28(32,33)34)13-21(12-19)36-25(38)16-39-26-23(15-35)22(17-7-3-1-4-8-17)14-24(37-26)18-9-5-2-6-10-18/h1-14H,16H2,(H,36,38). The van der Waals surface area contributed by atoms with Gasteiger partial charge in [0.2, 0.25) is 5.91 Å². The average molecular weight is 558 g/mol. The van der Waals surface area contributed by atoms with Crippen molar-refractivity contribution in [1.29, 1.82) is 5.26 Å². The van der Waals surface area contributed by atoms with Gasteiger partial charge in [-0.15, -0.1) is 0 Å². The fraction of sp³-hybridized carbons (Fsp3) is 0.107. The molecule has 1 N–H and O–H groups in total. The molecule has 0 saturated heterocycles. The van der Waals surface area contributed by atoms with Gasteiger partial charge in [-0.05, 0) is 29.8 Å². The minimum Gasteiger partial charge on any atom is -0.325 e. The van der Waals surface area contributed by atoms with Gasteiger partial charge in [-0.1, -0.05) is 72.4 Å². The lowest BCUT2D eigenvalue weighted by atomic mass is 9.99. The molecule has 198 valence electrons. The third-order valence-electron chi connectivity index (χ3n) is 5.46. The Hall–Kier alpha value is -4.30. The molecule has 0 unspecified atom stereocenters. The van der Waals surface area contributed by atoms with Gasteiger partial charge in [0.1, 0.15) is 11.1 Å². The van der Waals surface area contributed by atoms with E-state index in [0.717, 1.165) is 22.9 Å². The lowest BCUT2D eigenvalue weighted by molar-refractivity contribution is -0.143. The summed E-state index contributed by atoms with van der Waals surface area (Å²) in [5.41, 5.74) is -1.02. The number of hydrogen-bond donors (Lipinski definition) is 1. The summed E-state index contributed by atoms with van der Waals surface area (Å²) >= 11 is 0.846. The number of nitriles is 1. The summed E-state index contributed by atoms with van der Waals surface area (Å²) in [6.07, 6.45) is -10.1. The van der Waals surface area contributed by atoms with E-state index in [-0.39, 0.29) is 16.7 Å². The van der Waals surface area contributed by atoms with Gasteiger partial charge in [-0.3, -0.25) is 4.79 Å². The van der Waals surface area contributed by atoms with Crippen molar-refractivity contribution < 1.29 is 31.1 Å². The summed E-state index contributed by atoms with van der Waals surface area (Å²) in [5.74, 6) is -1.30. The number of alkyl halides is 6. The summed E-state index contributed by atoms with van der Waals surface area (Å²) in [5, 5.41) is 12.2. The Bertz CT molecular complexity index is 1500. The maximum atomic E-state index is 13.2. The smallest absolute Gasteiger partial charge is 0.325 e. The third-order valence-corrected chi connectivity index (χ3v) is 6.44. The Kier molecular flexibility index (Phi) is 7.97. The minimum atomic E-state index is -5.05. The topological polar surface area (TPSA) is 65.8 Å². The molecule has 0 fully saturated rings. The quantitative estimate of drug-likeness (QED) is 0.192. The van der Waals surface area contributed by atoms with Gasteiger partial charge >= 0.3 is 12.4 Å². The molecule has 0 spiro atoms. The van der Waals surface area contributed by atoms with Crippen LogP contribution in [0.5, 0.6) is 0 Å². The summed E-state index contributed by atoms with van der Waals surface area (Å²) in [6, 6.07) is 22.8. The fourth-order valence-electron chi connectivity index (χ4n) is 3.69. The number of rotatable bonds is 6. The van der Waals surface area contributed by atoms with Gasteiger partial charge < -0.3 is 5.32 Å². The Morgan fingerprint density at radius 3 is 1.87 bits per heavy atom. The van der Waals surface area contributed by atoms with Crippen molar-refractivity contribution >= 4 is 23.4 Å². The summed E-state index contributed by atoms with van der Waals surface area (Å²) in [4.78, 5) is 17.1. The van der Waals surface area contributed by atoms with Crippen molar-refractivity contribution in [3.8, 4) is 28.5 Å². The Morgan fingerprint density at radius 2 is 1.36 bits per heavy atom. The Morgan fingerprint density at radius 1 is 0.821 bits per heavy atom. The van der Waals surface area contributed by atoms with Gasteiger partial charge in [0.05, 0.1) is 28.1 Å². The van der Waals surface area contributed by atoms with Crippen LogP contribution >= 0.6 is 11.8 Å². The van der Waals surface area contributed by atoms with Crippen LogP contribution in [0.2, 0.25) is 0 Å². The first-order valence-electron chi connectivity index (χ1n) is 11.2. The molecule has 0 radical (unpaired) electrons. The minimum absolute atomic E-state index is 0.0201. The Labute approximate surface area is 223 Å². The Balaban J connectivity index is 1.65. The molecule has 0 atom stereocenters. The molecule has 4 nitrogen and oxygen atoms in total. The van der Waals surface area contributed by atoms with Crippen LogP contribution < -0.4 is 5.32 Å². The van der Waals surface area contributed by atoms with Crippen molar-refractivity contribution in [2.24, 2.45) is 0 Å². The first-order chi connectivity index (χ1) is 18.5. The molecule has 1 heterocycles. The molecule has 4 aromatic rings. The van der Waals surface area contributed by atoms with Crippen LogP contribution in [0.4, 0.5) is 32.0 Å². The normalized spacial score (nSPS) is 11.6. The van der Waals surface area contributed by atoms with Crippen molar-refractivity contribution in [3.63, 3.8) is 0 Å². The van der Waals surface area contributed by atoms with Crippen molar-refractivity contribution in [2.45, 2.75) is 17.4 Å². The van der Waals surface area contributed by atoms with Crippen LogP contribution in [0.3, 0.4) is 0 Å². The second-order valence-electron chi connectivity index (χ2n) is 8.21. The summed E-state index contributed by atoms with van der Waals surface area (Å²) in [6.45, 7) is 0. The molecule has 1 amide bonds. The number of amides is 1. The molecule has 11 heteroatoms. The molecule has 3 aromatic carbocycles. The number of hydrogen-bond acceptors (Lipinski definition) is 4. The van der Waals surface area contributed by atoms with Gasteiger partial charge in [-0.2, -0.15) is 31.6 Å². The summed E-state index contributed by atoms with van der Waals surface area (Å²) < 4.78 is 79.0. The van der Waals surface area contributed by atoms with Gasteiger partial charge in [-0.25, -0.2) is 4.98 Å². The van der Waals surface area contributed by atoms with E-state index in [0.29, 0.717) is 23.4 Å². The monoisotopic (exact) mass is 557 g/mol. The molecule has 0 aliphatic carbocycles. The zero-order chi connectivity index (χ0) is 28.2. The van der Waals surface area contributed by atoms with Crippen LogP contribution in [0.25, 0.3) is 22.4 Å². The number of anilines is 1. The van der Waals surface area contributed by atoms with Crippen LogP contribution in [-0.4, -0.2) is 16.6 Å². The zero-order valence-corrected chi connectivity index (χ0v) is 20.6. The molecule has 0 saturated carbocycles. The van der Waals surface area contributed by atoms with Crippen LogP contribution in [0, 0.1) is 11.3 Å². The molecule has 0 aliphatic heterocycles. The maximum Gasteiger partial charge on any atom is 0.416 e. The molecule has 0 aliphatic rings.